The van der Waals surface area contributed by atoms with E-state index < -0.39 is 0 Å². The minimum atomic E-state index is -0.0861. The van der Waals surface area contributed by atoms with Gasteiger partial charge in [0.25, 0.3) is 5.91 Å². The first-order valence-corrected chi connectivity index (χ1v) is 6.21. The van der Waals surface area contributed by atoms with Crippen molar-refractivity contribution in [2.75, 3.05) is 7.05 Å². The summed E-state index contributed by atoms with van der Waals surface area (Å²) in [6.45, 7) is 6.80. The van der Waals surface area contributed by atoms with Crippen molar-refractivity contribution in [3.8, 4) is 0 Å². The van der Waals surface area contributed by atoms with Gasteiger partial charge in [-0.1, -0.05) is 20.8 Å². The molecule has 17 heavy (non-hydrogen) atoms. The lowest BCUT2D eigenvalue weighted by molar-refractivity contribution is 0.0956. The third-order valence-electron chi connectivity index (χ3n) is 3.81. The number of fused-ring (bicyclic) bond motifs is 1. The van der Waals surface area contributed by atoms with E-state index in [1.165, 1.54) is 6.42 Å². The fraction of sp³-hybridized carbons (Fsp3) is 0.692. The molecule has 1 aliphatic carbocycles. The number of carbonyl (C=O) groups is 1. The second-order valence-electron chi connectivity index (χ2n) is 5.91. The molecule has 2 N–H and O–H groups in total. The van der Waals surface area contributed by atoms with Crippen molar-refractivity contribution in [2.24, 2.45) is 11.3 Å². The van der Waals surface area contributed by atoms with Gasteiger partial charge in [0.15, 0.2) is 5.69 Å². The summed E-state index contributed by atoms with van der Waals surface area (Å²) in [6.07, 6.45) is 3.13. The van der Waals surface area contributed by atoms with Gasteiger partial charge in [0, 0.05) is 18.3 Å². The maximum absolute atomic E-state index is 11.7. The first kappa shape index (κ1) is 12.1. The summed E-state index contributed by atoms with van der Waals surface area (Å²) in [5.74, 6) is 0.535. The van der Waals surface area contributed by atoms with Crippen molar-refractivity contribution in [2.45, 2.75) is 40.0 Å². The van der Waals surface area contributed by atoms with Crippen LogP contribution < -0.4 is 5.32 Å². The van der Waals surface area contributed by atoms with E-state index in [1.807, 2.05) is 0 Å². The van der Waals surface area contributed by atoms with Gasteiger partial charge in [0.05, 0.1) is 0 Å². The molecule has 0 saturated carbocycles. The van der Waals surface area contributed by atoms with Crippen LogP contribution in [0.1, 0.15) is 48.9 Å². The number of aromatic nitrogens is 2. The van der Waals surface area contributed by atoms with Gasteiger partial charge in [-0.15, -0.1) is 0 Å². The molecule has 0 saturated heterocycles. The summed E-state index contributed by atoms with van der Waals surface area (Å²) in [5, 5.41) is 9.80. The molecule has 0 aromatic carbocycles. The molecule has 0 spiro atoms. The predicted octanol–water partition coefficient (Wildman–Crippen LogP) is 1.92. The largest absolute Gasteiger partial charge is 0.354 e. The molecule has 0 aliphatic heterocycles. The van der Waals surface area contributed by atoms with Crippen molar-refractivity contribution in [1.29, 1.82) is 0 Å². The molecule has 94 valence electrons. The van der Waals surface area contributed by atoms with Gasteiger partial charge in [-0.05, 0) is 30.6 Å². The van der Waals surface area contributed by atoms with E-state index in [-0.39, 0.29) is 11.3 Å². The van der Waals surface area contributed by atoms with E-state index >= 15 is 0 Å². The summed E-state index contributed by atoms with van der Waals surface area (Å²) < 4.78 is 0. The van der Waals surface area contributed by atoms with E-state index in [1.54, 1.807) is 7.05 Å². The lowest BCUT2D eigenvalue weighted by Gasteiger charge is -2.33. The second kappa shape index (κ2) is 4.17. The Morgan fingerprint density at radius 1 is 1.47 bits per heavy atom. The van der Waals surface area contributed by atoms with Gasteiger partial charge in [-0.25, -0.2) is 0 Å². The van der Waals surface area contributed by atoms with Gasteiger partial charge in [0.2, 0.25) is 0 Å². The van der Waals surface area contributed by atoms with Gasteiger partial charge in [0.1, 0.15) is 0 Å². The number of hydrogen-bond donors (Lipinski definition) is 2. The SMILES string of the molecule is CNC(=O)c1n[nH]c2c1C[C@H](C(C)(C)C)CC2. The zero-order valence-electron chi connectivity index (χ0n) is 11.1. The van der Waals surface area contributed by atoms with Crippen LogP contribution in [0.3, 0.4) is 0 Å². The van der Waals surface area contributed by atoms with Crippen LogP contribution in [0, 0.1) is 11.3 Å². The molecule has 1 aromatic rings. The molecule has 1 aromatic heterocycles. The zero-order chi connectivity index (χ0) is 12.6. The lowest BCUT2D eigenvalue weighted by Crippen LogP contribution is -2.28. The van der Waals surface area contributed by atoms with Crippen LogP contribution in [0.5, 0.6) is 0 Å². The smallest absolute Gasteiger partial charge is 0.271 e. The first-order valence-electron chi connectivity index (χ1n) is 6.21. The van der Waals surface area contributed by atoms with Crippen molar-refractivity contribution in [3.05, 3.63) is 17.0 Å². The van der Waals surface area contributed by atoms with Crippen LogP contribution in [0.4, 0.5) is 0 Å². The maximum Gasteiger partial charge on any atom is 0.271 e. The standard InChI is InChI=1S/C13H21N3O/c1-13(2,3)8-5-6-10-9(7-8)11(16-15-10)12(17)14-4/h8H,5-7H2,1-4H3,(H,14,17)(H,15,16)/t8-/m1/s1. The lowest BCUT2D eigenvalue weighted by atomic mass is 9.71. The molecule has 0 bridgehead atoms. The fourth-order valence-corrected chi connectivity index (χ4v) is 2.54. The number of aryl methyl sites for hydroxylation is 1. The molecule has 4 nitrogen and oxygen atoms in total. The average molecular weight is 235 g/mol. The van der Waals surface area contributed by atoms with Crippen LogP contribution in [-0.4, -0.2) is 23.2 Å². The highest BCUT2D eigenvalue weighted by Crippen LogP contribution is 2.37. The number of nitrogens with zero attached hydrogens (tertiary/aromatic N) is 1. The van der Waals surface area contributed by atoms with Crippen molar-refractivity contribution in [1.82, 2.24) is 15.5 Å². The van der Waals surface area contributed by atoms with Gasteiger partial charge in [-0.2, -0.15) is 5.10 Å². The minimum Gasteiger partial charge on any atom is -0.354 e. The van der Waals surface area contributed by atoms with Gasteiger partial charge in [-0.3, -0.25) is 9.89 Å². The van der Waals surface area contributed by atoms with Crippen LogP contribution in [0.2, 0.25) is 0 Å². The number of carbonyl (C=O) groups excluding carboxylic acids is 1. The van der Waals surface area contributed by atoms with E-state index in [0.717, 1.165) is 24.1 Å². The quantitative estimate of drug-likeness (QED) is 0.781. The van der Waals surface area contributed by atoms with Crippen LogP contribution >= 0.6 is 0 Å². The van der Waals surface area contributed by atoms with Crippen LogP contribution in [0.15, 0.2) is 0 Å². The molecule has 2 rings (SSSR count). The van der Waals surface area contributed by atoms with E-state index in [4.69, 9.17) is 0 Å². The summed E-state index contributed by atoms with van der Waals surface area (Å²) in [6, 6.07) is 0. The van der Waals surface area contributed by atoms with Crippen molar-refractivity contribution in [3.63, 3.8) is 0 Å². The van der Waals surface area contributed by atoms with Gasteiger partial charge >= 0.3 is 0 Å². The average Bonchev–Trinajstić information content (AvgIpc) is 2.69. The van der Waals surface area contributed by atoms with Crippen LogP contribution in [-0.2, 0) is 12.8 Å². The molecule has 1 heterocycles. The summed E-state index contributed by atoms with van der Waals surface area (Å²) >= 11 is 0. The predicted molar refractivity (Wildman–Crippen MR) is 66.9 cm³/mol. The maximum atomic E-state index is 11.7. The Morgan fingerprint density at radius 3 is 2.76 bits per heavy atom. The number of rotatable bonds is 1. The van der Waals surface area contributed by atoms with E-state index in [0.29, 0.717) is 11.6 Å². The fourth-order valence-electron chi connectivity index (χ4n) is 2.54. The van der Waals surface area contributed by atoms with Crippen LogP contribution in [0.25, 0.3) is 0 Å². The number of hydrogen-bond acceptors (Lipinski definition) is 2. The Bertz CT molecular complexity index is 428. The normalized spacial score (nSPS) is 19.9. The molecule has 0 radical (unpaired) electrons. The summed E-state index contributed by atoms with van der Waals surface area (Å²) in [7, 11) is 1.65. The Kier molecular flexibility index (Phi) is 2.98. The zero-order valence-corrected chi connectivity index (χ0v) is 11.1. The second-order valence-corrected chi connectivity index (χ2v) is 5.91. The monoisotopic (exact) mass is 235 g/mol. The molecule has 0 fully saturated rings. The summed E-state index contributed by atoms with van der Waals surface area (Å²) in [4.78, 5) is 11.7. The minimum absolute atomic E-state index is 0.0861. The number of H-pyrrole nitrogens is 1. The Hall–Kier alpha value is -1.32. The topological polar surface area (TPSA) is 57.8 Å². The van der Waals surface area contributed by atoms with E-state index in [2.05, 4.69) is 36.3 Å². The Morgan fingerprint density at radius 2 is 2.18 bits per heavy atom. The molecule has 1 amide bonds. The summed E-state index contributed by atoms with van der Waals surface area (Å²) in [5.41, 5.74) is 3.13. The molecule has 0 unspecified atom stereocenters. The highest BCUT2D eigenvalue weighted by atomic mass is 16.1. The van der Waals surface area contributed by atoms with Crippen molar-refractivity contribution < 1.29 is 4.79 Å². The highest BCUT2D eigenvalue weighted by molar-refractivity contribution is 5.93. The Labute approximate surface area is 102 Å². The molecule has 1 aliphatic rings. The Balaban J connectivity index is 2.29. The van der Waals surface area contributed by atoms with E-state index in [9.17, 15) is 4.79 Å². The first-order chi connectivity index (χ1) is 7.93. The molecule has 1 atom stereocenters. The van der Waals surface area contributed by atoms with Crippen molar-refractivity contribution >= 4 is 5.91 Å². The third-order valence-corrected chi connectivity index (χ3v) is 3.81. The molecular formula is C13H21N3O. The number of nitrogens with one attached hydrogen (secondary N) is 2. The highest BCUT2D eigenvalue weighted by Gasteiger charge is 2.32. The van der Waals surface area contributed by atoms with Gasteiger partial charge < -0.3 is 5.32 Å². The molecule has 4 heteroatoms. The third kappa shape index (κ3) is 2.21. The number of aromatic amines is 1. The molecular weight excluding hydrogens is 214 g/mol. The number of amides is 1.